The topological polar surface area (TPSA) is 21.3 Å². The Morgan fingerprint density at radius 3 is 2.76 bits per heavy atom. The van der Waals surface area contributed by atoms with Gasteiger partial charge in [0, 0.05) is 11.9 Å². The number of ether oxygens (including phenoxy) is 1. The van der Waals surface area contributed by atoms with Gasteiger partial charge in [0.25, 0.3) is 0 Å². The van der Waals surface area contributed by atoms with Crippen LogP contribution in [-0.2, 0) is 13.0 Å². The molecule has 1 aromatic carbocycles. The van der Waals surface area contributed by atoms with Crippen molar-refractivity contribution in [2.24, 2.45) is 0 Å². The normalized spacial score (nSPS) is 10.2. The average Bonchev–Trinajstić information content (AvgIpc) is 2.88. The number of para-hydroxylation sites is 1. The highest BCUT2D eigenvalue weighted by Crippen LogP contribution is 2.30. The summed E-state index contributed by atoms with van der Waals surface area (Å²) in [5.74, 6) is 0.978. The number of hydrogen-bond acceptors (Lipinski definition) is 3. The molecule has 0 aliphatic rings. The first-order valence-electron chi connectivity index (χ1n) is 5.80. The Hall–Kier alpha value is -1.48. The van der Waals surface area contributed by atoms with E-state index in [1.807, 2.05) is 19.2 Å². The Kier molecular flexibility index (Phi) is 4.04. The molecule has 0 amide bonds. The third-order valence-corrected chi connectivity index (χ3v) is 3.54. The van der Waals surface area contributed by atoms with Crippen molar-refractivity contribution in [3.63, 3.8) is 0 Å². The van der Waals surface area contributed by atoms with Crippen molar-refractivity contribution in [2.45, 2.75) is 20.0 Å². The van der Waals surface area contributed by atoms with Gasteiger partial charge >= 0.3 is 0 Å². The molecule has 2 aromatic rings. The highest BCUT2D eigenvalue weighted by Gasteiger charge is 2.07. The van der Waals surface area contributed by atoms with Crippen LogP contribution in [0.3, 0.4) is 0 Å². The molecule has 1 heterocycles. The molecule has 0 bridgehead atoms. The summed E-state index contributed by atoms with van der Waals surface area (Å²) in [5.41, 5.74) is 2.30. The monoisotopic (exact) mass is 247 g/mol. The molecule has 0 fully saturated rings. The molecular weight excluding hydrogens is 230 g/mol. The van der Waals surface area contributed by atoms with Crippen LogP contribution in [0.15, 0.2) is 35.7 Å². The Morgan fingerprint density at radius 1 is 1.24 bits per heavy atom. The molecule has 0 atom stereocenters. The zero-order valence-electron chi connectivity index (χ0n) is 10.2. The lowest BCUT2D eigenvalue weighted by molar-refractivity contribution is 0.308. The maximum absolute atomic E-state index is 5.94. The lowest BCUT2D eigenvalue weighted by Gasteiger charge is -2.14. The molecule has 0 saturated heterocycles. The molecule has 2 rings (SSSR count). The van der Waals surface area contributed by atoms with E-state index in [1.54, 1.807) is 11.3 Å². The van der Waals surface area contributed by atoms with Crippen molar-refractivity contribution in [3.8, 4) is 5.75 Å². The summed E-state index contributed by atoms with van der Waals surface area (Å²) >= 11 is 1.72. The van der Waals surface area contributed by atoms with Crippen LogP contribution in [0.25, 0.3) is 0 Å². The molecule has 1 aromatic heterocycles. The van der Waals surface area contributed by atoms with Crippen molar-refractivity contribution in [1.29, 1.82) is 0 Å². The van der Waals surface area contributed by atoms with Gasteiger partial charge in [-0.2, -0.15) is 0 Å². The van der Waals surface area contributed by atoms with Gasteiger partial charge in [0.1, 0.15) is 12.4 Å². The third-order valence-electron chi connectivity index (χ3n) is 2.69. The minimum Gasteiger partial charge on any atom is -0.486 e. The van der Waals surface area contributed by atoms with E-state index in [9.17, 15) is 0 Å². The quantitative estimate of drug-likeness (QED) is 0.864. The SMILES string of the molecule is CCc1cccc(NC)c1OCc1cccs1. The van der Waals surface area contributed by atoms with E-state index in [-0.39, 0.29) is 0 Å². The number of anilines is 1. The fraction of sp³-hybridized carbons (Fsp3) is 0.286. The van der Waals surface area contributed by atoms with Crippen LogP contribution in [-0.4, -0.2) is 7.05 Å². The van der Waals surface area contributed by atoms with Gasteiger partial charge in [-0.1, -0.05) is 25.1 Å². The van der Waals surface area contributed by atoms with Gasteiger partial charge in [0.2, 0.25) is 0 Å². The molecule has 0 unspecified atom stereocenters. The van der Waals surface area contributed by atoms with Crippen molar-refractivity contribution in [3.05, 3.63) is 46.2 Å². The first-order chi connectivity index (χ1) is 8.35. The maximum atomic E-state index is 5.94. The van der Waals surface area contributed by atoms with Crippen LogP contribution >= 0.6 is 11.3 Å². The van der Waals surface area contributed by atoms with Gasteiger partial charge in [0.05, 0.1) is 5.69 Å². The van der Waals surface area contributed by atoms with Crippen LogP contribution in [0.2, 0.25) is 0 Å². The minimum absolute atomic E-state index is 0.642. The number of hydrogen-bond donors (Lipinski definition) is 1. The molecule has 2 nitrogen and oxygen atoms in total. The first-order valence-corrected chi connectivity index (χ1v) is 6.68. The second-order valence-corrected chi connectivity index (χ2v) is 4.80. The predicted molar refractivity (Wildman–Crippen MR) is 74.0 cm³/mol. The zero-order valence-corrected chi connectivity index (χ0v) is 11.0. The smallest absolute Gasteiger partial charge is 0.146 e. The summed E-state index contributed by atoms with van der Waals surface area (Å²) in [5, 5.41) is 5.25. The lowest BCUT2D eigenvalue weighted by atomic mass is 10.1. The van der Waals surface area contributed by atoms with Crippen LogP contribution in [0, 0.1) is 0 Å². The summed E-state index contributed by atoms with van der Waals surface area (Å²) in [4.78, 5) is 1.25. The second kappa shape index (κ2) is 5.73. The molecule has 17 heavy (non-hydrogen) atoms. The predicted octanol–water partition coefficient (Wildman–Crippen LogP) is 3.93. The number of nitrogens with one attached hydrogen (secondary N) is 1. The molecular formula is C14H17NOS. The molecule has 3 heteroatoms. The highest BCUT2D eigenvalue weighted by molar-refractivity contribution is 7.09. The van der Waals surface area contributed by atoms with Crippen molar-refractivity contribution in [2.75, 3.05) is 12.4 Å². The number of aryl methyl sites for hydroxylation is 1. The van der Waals surface area contributed by atoms with Crippen molar-refractivity contribution in [1.82, 2.24) is 0 Å². The fourth-order valence-electron chi connectivity index (χ4n) is 1.77. The van der Waals surface area contributed by atoms with Gasteiger partial charge in [-0.05, 0) is 29.5 Å². The van der Waals surface area contributed by atoms with Crippen LogP contribution in [0.1, 0.15) is 17.4 Å². The minimum atomic E-state index is 0.642. The number of rotatable bonds is 5. The van der Waals surface area contributed by atoms with Gasteiger partial charge < -0.3 is 10.1 Å². The number of thiophene rings is 1. The highest BCUT2D eigenvalue weighted by atomic mass is 32.1. The Balaban J connectivity index is 2.18. The standard InChI is InChI=1S/C14H17NOS/c1-3-11-6-4-8-13(15-2)14(11)16-10-12-7-5-9-17-12/h4-9,15H,3,10H2,1-2H3. The van der Waals surface area contributed by atoms with Crippen LogP contribution in [0.5, 0.6) is 5.75 Å². The molecule has 0 radical (unpaired) electrons. The van der Waals surface area contributed by atoms with Crippen LogP contribution in [0.4, 0.5) is 5.69 Å². The summed E-state index contributed by atoms with van der Waals surface area (Å²) in [7, 11) is 1.92. The number of benzene rings is 1. The molecule has 0 aliphatic heterocycles. The Morgan fingerprint density at radius 2 is 2.12 bits per heavy atom. The third kappa shape index (κ3) is 2.80. The van der Waals surface area contributed by atoms with Crippen molar-refractivity contribution >= 4 is 17.0 Å². The van der Waals surface area contributed by atoms with E-state index < -0.39 is 0 Å². The van der Waals surface area contributed by atoms with E-state index >= 15 is 0 Å². The summed E-state index contributed by atoms with van der Waals surface area (Å²) in [6.07, 6.45) is 0.981. The van der Waals surface area contributed by atoms with E-state index in [2.05, 4.69) is 35.8 Å². The molecule has 0 spiro atoms. The van der Waals surface area contributed by atoms with Gasteiger partial charge in [-0.3, -0.25) is 0 Å². The van der Waals surface area contributed by atoms with Crippen molar-refractivity contribution < 1.29 is 4.74 Å². The van der Waals surface area contributed by atoms with Gasteiger partial charge in [-0.25, -0.2) is 0 Å². The summed E-state index contributed by atoms with van der Waals surface area (Å²) in [6.45, 7) is 2.79. The summed E-state index contributed by atoms with van der Waals surface area (Å²) < 4.78 is 5.94. The maximum Gasteiger partial charge on any atom is 0.146 e. The molecule has 0 saturated carbocycles. The van der Waals surface area contributed by atoms with E-state index in [1.165, 1.54) is 10.4 Å². The zero-order chi connectivity index (χ0) is 12.1. The van der Waals surface area contributed by atoms with E-state index in [0.29, 0.717) is 6.61 Å². The molecule has 90 valence electrons. The molecule has 0 aliphatic carbocycles. The largest absolute Gasteiger partial charge is 0.486 e. The van der Waals surface area contributed by atoms with E-state index in [4.69, 9.17) is 4.74 Å². The van der Waals surface area contributed by atoms with E-state index in [0.717, 1.165) is 17.9 Å². The van der Waals surface area contributed by atoms with Gasteiger partial charge in [0.15, 0.2) is 0 Å². The Labute approximate surface area is 106 Å². The van der Waals surface area contributed by atoms with Gasteiger partial charge in [-0.15, -0.1) is 11.3 Å². The first kappa shape index (κ1) is 12.0. The lowest BCUT2D eigenvalue weighted by Crippen LogP contribution is -2.01. The Bertz CT molecular complexity index is 443. The summed E-state index contributed by atoms with van der Waals surface area (Å²) in [6, 6.07) is 10.4. The fourth-order valence-corrected chi connectivity index (χ4v) is 2.38. The second-order valence-electron chi connectivity index (χ2n) is 3.77. The average molecular weight is 247 g/mol. The molecule has 1 N–H and O–H groups in total. The van der Waals surface area contributed by atoms with Crippen LogP contribution < -0.4 is 10.1 Å².